The molecule has 0 saturated heterocycles. The predicted molar refractivity (Wildman–Crippen MR) is 112 cm³/mol. The maximum Gasteiger partial charge on any atom is 0.273 e. The molecule has 2 heterocycles. The average molecular weight is 407 g/mol. The van der Waals surface area contributed by atoms with Crippen LogP contribution in [0.5, 0.6) is 0 Å². The minimum atomic E-state index is -0.391. The number of hydrogen-bond acceptors (Lipinski definition) is 5. The Morgan fingerprint density at radius 3 is 2.17 bits per heavy atom. The van der Waals surface area contributed by atoms with E-state index in [2.05, 4.69) is 40.0 Å². The Hall–Kier alpha value is -3.19. The number of nitrogens with zero attached hydrogens (tertiary/aromatic N) is 1. The number of carbonyl (C=O) groups is 2. The van der Waals surface area contributed by atoms with E-state index in [9.17, 15) is 9.59 Å². The van der Waals surface area contributed by atoms with Gasteiger partial charge >= 0.3 is 0 Å². The second-order valence-electron chi connectivity index (χ2n) is 6.77. The molecule has 2 N–H and O–H groups in total. The molecule has 1 aliphatic heterocycles. The minimum Gasteiger partial charge on any atom is -0.466 e. The average Bonchev–Trinajstić information content (AvgIpc) is 3.07. The summed E-state index contributed by atoms with van der Waals surface area (Å²) in [5.74, 6) is 0.523. The SMILES string of the molecule is Cc1cc(C(=O)NNC(=O)CCN2c3ccccc3Sc3ccccc32)c(C)o1. The van der Waals surface area contributed by atoms with Crippen LogP contribution in [0, 0.1) is 13.8 Å². The van der Waals surface area contributed by atoms with E-state index in [-0.39, 0.29) is 12.3 Å². The van der Waals surface area contributed by atoms with Gasteiger partial charge < -0.3 is 9.32 Å². The smallest absolute Gasteiger partial charge is 0.273 e. The highest BCUT2D eigenvalue weighted by Crippen LogP contribution is 2.47. The van der Waals surface area contributed by atoms with Gasteiger partial charge in [-0.2, -0.15) is 0 Å². The largest absolute Gasteiger partial charge is 0.466 e. The maximum absolute atomic E-state index is 12.4. The molecule has 3 aromatic rings. The third-order valence-corrected chi connectivity index (χ3v) is 5.83. The van der Waals surface area contributed by atoms with E-state index in [0.717, 1.165) is 21.2 Å². The van der Waals surface area contributed by atoms with Crippen molar-refractivity contribution in [2.75, 3.05) is 11.4 Å². The fourth-order valence-corrected chi connectivity index (χ4v) is 4.44. The number of fused-ring (bicyclic) bond motifs is 2. The zero-order valence-electron chi connectivity index (χ0n) is 16.2. The molecule has 1 aromatic heterocycles. The molecule has 7 heteroatoms. The summed E-state index contributed by atoms with van der Waals surface area (Å²) >= 11 is 1.73. The molecule has 0 radical (unpaired) electrons. The van der Waals surface area contributed by atoms with Crippen molar-refractivity contribution < 1.29 is 14.0 Å². The van der Waals surface area contributed by atoms with E-state index in [4.69, 9.17) is 4.42 Å². The number of amides is 2. The monoisotopic (exact) mass is 407 g/mol. The number of aryl methyl sites for hydroxylation is 2. The van der Waals surface area contributed by atoms with Crippen molar-refractivity contribution in [2.24, 2.45) is 0 Å². The van der Waals surface area contributed by atoms with E-state index in [1.165, 1.54) is 0 Å². The van der Waals surface area contributed by atoms with E-state index < -0.39 is 5.91 Å². The Bertz CT molecular complexity index is 1030. The number of hydrazine groups is 1. The number of carbonyl (C=O) groups excluding carboxylic acids is 2. The van der Waals surface area contributed by atoms with E-state index in [0.29, 0.717) is 23.6 Å². The van der Waals surface area contributed by atoms with Crippen LogP contribution >= 0.6 is 11.8 Å². The fraction of sp³-hybridized carbons (Fsp3) is 0.182. The van der Waals surface area contributed by atoms with Crippen molar-refractivity contribution >= 4 is 35.0 Å². The summed E-state index contributed by atoms with van der Waals surface area (Å²) in [5.41, 5.74) is 7.53. The first-order chi connectivity index (χ1) is 14.0. The molecule has 0 spiro atoms. The summed E-state index contributed by atoms with van der Waals surface area (Å²) in [4.78, 5) is 29.0. The Morgan fingerprint density at radius 1 is 0.966 bits per heavy atom. The van der Waals surface area contributed by atoms with Gasteiger partial charge in [0.25, 0.3) is 5.91 Å². The highest BCUT2D eigenvalue weighted by Gasteiger charge is 2.23. The lowest BCUT2D eigenvalue weighted by molar-refractivity contribution is -0.121. The molecule has 29 heavy (non-hydrogen) atoms. The highest BCUT2D eigenvalue weighted by atomic mass is 32.2. The van der Waals surface area contributed by atoms with E-state index in [1.807, 2.05) is 24.3 Å². The lowest BCUT2D eigenvalue weighted by Gasteiger charge is -2.32. The maximum atomic E-state index is 12.4. The summed E-state index contributed by atoms with van der Waals surface area (Å²) < 4.78 is 5.35. The molecule has 6 nitrogen and oxygen atoms in total. The summed E-state index contributed by atoms with van der Waals surface area (Å²) in [5, 5.41) is 0. The van der Waals surface area contributed by atoms with Gasteiger partial charge in [-0.1, -0.05) is 36.0 Å². The van der Waals surface area contributed by atoms with Crippen molar-refractivity contribution in [2.45, 2.75) is 30.1 Å². The first kappa shape index (κ1) is 19.1. The molecule has 0 fully saturated rings. The van der Waals surface area contributed by atoms with Gasteiger partial charge in [0.2, 0.25) is 5.91 Å². The van der Waals surface area contributed by atoms with Crippen LogP contribution in [0.15, 0.2) is 68.8 Å². The van der Waals surface area contributed by atoms with Gasteiger partial charge in [-0.3, -0.25) is 20.4 Å². The topological polar surface area (TPSA) is 74.6 Å². The molecular weight excluding hydrogens is 386 g/mol. The zero-order valence-corrected chi connectivity index (χ0v) is 17.0. The third kappa shape index (κ3) is 4.00. The molecule has 0 unspecified atom stereocenters. The summed E-state index contributed by atoms with van der Waals surface area (Å²) in [6, 6.07) is 17.9. The van der Waals surface area contributed by atoms with Crippen LogP contribution < -0.4 is 15.8 Å². The lowest BCUT2D eigenvalue weighted by Crippen LogP contribution is -2.42. The molecule has 4 rings (SSSR count). The fourth-order valence-electron chi connectivity index (χ4n) is 3.35. The van der Waals surface area contributed by atoms with Crippen LogP contribution in [0.2, 0.25) is 0 Å². The molecule has 1 aliphatic rings. The Balaban J connectivity index is 1.41. The van der Waals surface area contributed by atoms with Crippen LogP contribution in [-0.2, 0) is 4.79 Å². The van der Waals surface area contributed by atoms with Gasteiger partial charge in [0, 0.05) is 22.8 Å². The van der Waals surface area contributed by atoms with E-state index in [1.54, 1.807) is 31.7 Å². The minimum absolute atomic E-state index is 0.233. The van der Waals surface area contributed by atoms with E-state index >= 15 is 0 Å². The predicted octanol–water partition coefficient (Wildman–Crippen LogP) is 4.35. The number of nitrogens with one attached hydrogen (secondary N) is 2. The molecule has 2 amide bonds. The molecule has 0 atom stereocenters. The Kier molecular flexibility index (Phi) is 5.31. The first-order valence-electron chi connectivity index (χ1n) is 9.32. The van der Waals surface area contributed by atoms with Gasteiger partial charge in [-0.25, -0.2) is 0 Å². The van der Waals surface area contributed by atoms with Gasteiger partial charge in [0.15, 0.2) is 0 Å². The zero-order chi connectivity index (χ0) is 20.4. The summed E-state index contributed by atoms with van der Waals surface area (Å²) in [6.07, 6.45) is 0.233. The Morgan fingerprint density at radius 2 is 1.59 bits per heavy atom. The number of furan rings is 1. The molecular formula is C22H21N3O3S. The molecule has 2 aromatic carbocycles. The second kappa shape index (κ2) is 8.05. The van der Waals surface area contributed by atoms with Crippen molar-refractivity contribution in [1.82, 2.24) is 10.9 Å². The van der Waals surface area contributed by atoms with Gasteiger partial charge in [-0.05, 0) is 44.2 Å². The quantitative estimate of drug-likeness (QED) is 0.629. The van der Waals surface area contributed by atoms with Crippen molar-refractivity contribution in [3.8, 4) is 0 Å². The molecule has 0 bridgehead atoms. The molecule has 148 valence electrons. The van der Waals surface area contributed by atoms with Crippen LogP contribution in [0.3, 0.4) is 0 Å². The number of hydrogen-bond donors (Lipinski definition) is 2. The highest BCUT2D eigenvalue weighted by molar-refractivity contribution is 7.99. The lowest BCUT2D eigenvalue weighted by atomic mass is 10.2. The first-order valence-corrected chi connectivity index (χ1v) is 10.1. The third-order valence-electron chi connectivity index (χ3n) is 4.70. The number of anilines is 2. The van der Waals surface area contributed by atoms with Crippen molar-refractivity contribution in [3.63, 3.8) is 0 Å². The van der Waals surface area contributed by atoms with Gasteiger partial charge in [0.05, 0.1) is 16.9 Å². The number of rotatable bonds is 4. The molecule has 0 aliphatic carbocycles. The standard InChI is InChI=1S/C22H21N3O3S/c1-14-13-16(15(2)28-14)22(27)24-23-21(26)11-12-25-17-7-3-5-9-19(17)29-20-10-6-4-8-18(20)25/h3-10,13H,11-12H2,1-2H3,(H,23,26)(H,24,27). The van der Waals surface area contributed by atoms with Gasteiger partial charge in [-0.15, -0.1) is 0 Å². The van der Waals surface area contributed by atoms with Crippen molar-refractivity contribution in [3.05, 3.63) is 71.7 Å². The number of benzene rings is 2. The molecule has 0 saturated carbocycles. The number of para-hydroxylation sites is 2. The van der Waals surface area contributed by atoms with Crippen LogP contribution in [-0.4, -0.2) is 18.4 Å². The van der Waals surface area contributed by atoms with Crippen LogP contribution in [0.25, 0.3) is 0 Å². The Labute approximate surface area is 173 Å². The van der Waals surface area contributed by atoms with Crippen LogP contribution in [0.1, 0.15) is 28.3 Å². The van der Waals surface area contributed by atoms with Gasteiger partial charge in [0.1, 0.15) is 11.5 Å². The summed E-state index contributed by atoms with van der Waals surface area (Å²) in [7, 11) is 0. The summed E-state index contributed by atoms with van der Waals surface area (Å²) in [6.45, 7) is 3.99. The normalized spacial score (nSPS) is 12.1. The van der Waals surface area contributed by atoms with Crippen LogP contribution in [0.4, 0.5) is 11.4 Å². The second-order valence-corrected chi connectivity index (χ2v) is 7.85. The van der Waals surface area contributed by atoms with Crippen molar-refractivity contribution in [1.29, 1.82) is 0 Å².